The molecule has 114 valence electrons. The molecule has 0 unspecified atom stereocenters. The van der Waals surface area contributed by atoms with Crippen LogP contribution in [0, 0.1) is 0 Å². The second-order valence-electron chi connectivity index (χ2n) is 6.07. The highest BCUT2D eigenvalue weighted by molar-refractivity contribution is 7.99. The molecule has 0 spiro atoms. The predicted molar refractivity (Wildman–Crippen MR) is 83.2 cm³/mol. The molecular formula is C16H32O2S. The molecule has 0 bridgehead atoms. The molecule has 0 aromatic heterocycles. The summed E-state index contributed by atoms with van der Waals surface area (Å²) in [6.45, 7) is 4.42. The Morgan fingerprint density at radius 2 is 1.00 bits per heavy atom. The third-order valence-electron chi connectivity index (χ3n) is 4.37. The van der Waals surface area contributed by atoms with Crippen LogP contribution in [-0.2, 0) is 9.84 Å². The van der Waals surface area contributed by atoms with Crippen molar-refractivity contribution >= 4 is 9.84 Å². The van der Waals surface area contributed by atoms with Gasteiger partial charge in [-0.15, -0.1) is 0 Å². The largest absolute Gasteiger partial charge is 0.228 e. The maximum absolute atomic E-state index is 11.8. The molecule has 1 fully saturated rings. The van der Waals surface area contributed by atoms with Crippen molar-refractivity contribution in [1.82, 2.24) is 0 Å². The second-order valence-corrected chi connectivity index (χ2v) is 8.46. The van der Waals surface area contributed by atoms with Gasteiger partial charge in [-0.2, -0.15) is 0 Å². The second kappa shape index (κ2) is 8.99. The van der Waals surface area contributed by atoms with E-state index in [1.807, 2.05) is 0 Å². The Labute approximate surface area is 120 Å². The lowest BCUT2D eigenvalue weighted by Crippen LogP contribution is -1.94. The first kappa shape index (κ1) is 17.0. The zero-order valence-electron chi connectivity index (χ0n) is 12.9. The van der Waals surface area contributed by atoms with Gasteiger partial charge in [-0.1, -0.05) is 78.1 Å². The van der Waals surface area contributed by atoms with Gasteiger partial charge in [-0.25, -0.2) is 8.42 Å². The fourth-order valence-electron chi connectivity index (χ4n) is 2.98. The molecule has 3 heteroatoms. The summed E-state index contributed by atoms with van der Waals surface area (Å²) in [5.74, 6) is 0. The lowest BCUT2D eigenvalue weighted by molar-refractivity contribution is 0.578. The van der Waals surface area contributed by atoms with Crippen LogP contribution in [0.3, 0.4) is 0 Å². The lowest BCUT2D eigenvalue weighted by Gasteiger charge is -1.99. The van der Waals surface area contributed by atoms with Gasteiger partial charge in [-0.3, -0.25) is 0 Å². The third-order valence-corrected chi connectivity index (χ3v) is 6.87. The Bertz CT molecular complexity index is 296. The minimum absolute atomic E-state index is 0.0281. The molecule has 0 amide bonds. The van der Waals surface area contributed by atoms with Crippen LogP contribution in [0.15, 0.2) is 0 Å². The standard InChI is InChI=1S/C16H32O2S/c1-3-5-7-9-11-13-15-16(19(15,17)18)14-12-10-8-6-4-2/h15-16H,3-14H2,1-2H3/t15-,16-/m0/s1. The van der Waals surface area contributed by atoms with Crippen LogP contribution in [0.2, 0.25) is 0 Å². The van der Waals surface area contributed by atoms with Crippen LogP contribution in [0.4, 0.5) is 0 Å². The summed E-state index contributed by atoms with van der Waals surface area (Å²) in [6.07, 6.45) is 14.1. The topological polar surface area (TPSA) is 34.1 Å². The van der Waals surface area contributed by atoms with E-state index in [-0.39, 0.29) is 10.5 Å². The van der Waals surface area contributed by atoms with Crippen molar-refractivity contribution in [2.75, 3.05) is 0 Å². The highest BCUT2D eigenvalue weighted by Crippen LogP contribution is 2.40. The summed E-state index contributed by atoms with van der Waals surface area (Å²) >= 11 is 0. The van der Waals surface area contributed by atoms with E-state index >= 15 is 0 Å². The summed E-state index contributed by atoms with van der Waals surface area (Å²) < 4.78 is 23.7. The van der Waals surface area contributed by atoms with E-state index in [1.54, 1.807) is 0 Å². The SMILES string of the molecule is CCCCCCC[C@H]1[C@H](CCCCCCC)S1(=O)=O. The van der Waals surface area contributed by atoms with Gasteiger partial charge in [0.25, 0.3) is 0 Å². The van der Waals surface area contributed by atoms with Gasteiger partial charge in [0.15, 0.2) is 9.84 Å². The minimum atomic E-state index is -2.68. The number of unbranched alkanes of at least 4 members (excludes halogenated alkanes) is 8. The van der Waals surface area contributed by atoms with Crippen LogP contribution in [0.25, 0.3) is 0 Å². The van der Waals surface area contributed by atoms with Gasteiger partial charge in [0.05, 0.1) is 10.5 Å². The molecule has 1 saturated heterocycles. The average molecular weight is 288 g/mol. The summed E-state index contributed by atoms with van der Waals surface area (Å²) in [4.78, 5) is 0. The molecule has 1 aliphatic rings. The number of sulfone groups is 1. The first-order valence-corrected chi connectivity index (χ1v) is 9.98. The molecule has 1 aliphatic heterocycles. The molecule has 0 saturated carbocycles. The Kier molecular flexibility index (Phi) is 8.05. The fourth-order valence-corrected chi connectivity index (χ4v) is 5.28. The highest BCUT2D eigenvalue weighted by atomic mass is 32.2. The maximum Gasteiger partial charge on any atom is 0.158 e. The van der Waals surface area contributed by atoms with Gasteiger partial charge in [-0.05, 0) is 12.8 Å². The van der Waals surface area contributed by atoms with E-state index in [2.05, 4.69) is 13.8 Å². The normalized spacial score (nSPS) is 24.5. The molecule has 0 radical (unpaired) electrons. The Morgan fingerprint density at radius 3 is 1.37 bits per heavy atom. The van der Waals surface area contributed by atoms with Crippen LogP contribution in [0.5, 0.6) is 0 Å². The summed E-state index contributed by atoms with van der Waals surface area (Å²) in [6, 6.07) is 0. The molecule has 1 heterocycles. The first-order valence-electron chi connectivity index (χ1n) is 8.37. The van der Waals surface area contributed by atoms with E-state index in [4.69, 9.17) is 0 Å². The molecule has 1 rings (SSSR count). The minimum Gasteiger partial charge on any atom is -0.228 e. The lowest BCUT2D eigenvalue weighted by atomic mass is 10.0. The molecule has 0 aromatic rings. The van der Waals surface area contributed by atoms with E-state index < -0.39 is 9.84 Å². The highest BCUT2D eigenvalue weighted by Gasteiger charge is 2.55. The van der Waals surface area contributed by atoms with Crippen molar-refractivity contribution in [2.24, 2.45) is 0 Å². The summed E-state index contributed by atoms with van der Waals surface area (Å²) in [7, 11) is -2.68. The molecular weight excluding hydrogens is 256 g/mol. The van der Waals surface area contributed by atoms with Crippen molar-refractivity contribution in [3.63, 3.8) is 0 Å². The predicted octanol–water partition coefficient (Wildman–Crippen LogP) is 4.87. The average Bonchev–Trinajstić information content (AvgIpc) is 2.90. The summed E-state index contributed by atoms with van der Waals surface area (Å²) in [5, 5.41) is 0.0561. The Balaban J connectivity index is 2.08. The molecule has 0 N–H and O–H groups in total. The fraction of sp³-hybridized carbons (Fsp3) is 1.00. The zero-order chi connectivity index (χ0) is 14.1. The van der Waals surface area contributed by atoms with Gasteiger partial charge >= 0.3 is 0 Å². The Morgan fingerprint density at radius 1 is 0.632 bits per heavy atom. The first-order chi connectivity index (χ1) is 9.14. The monoisotopic (exact) mass is 288 g/mol. The molecule has 0 aliphatic carbocycles. The maximum atomic E-state index is 11.8. The van der Waals surface area contributed by atoms with E-state index in [0.717, 1.165) is 25.7 Å². The Hall–Kier alpha value is -0.0500. The van der Waals surface area contributed by atoms with Crippen molar-refractivity contribution < 1.29 is 8.42 Å². The van der Waals surface area contributed by atoms with Crippen molar-refractivity contribution in [3.8, 4) is 0 Å². The van der Waals surface area contributed by atoms with Crippen LogP contribution >= 0.6 is 0 Å². The van der Waals surface area contributed by atoms with Crippen LogP contribution in [-0.4, -0.2) is 18.9 Å². The molecule has 2 atom stereocenters. The van der Waals surface area contributed by atoms with Gasteiger partial charge in [0.2, 0.25) is 0 Å². The van der Waals surface area contributed by atoms with Gasteiger partial charge < -0.3 is 0 Å². The van der Waals surface area contributed by atoms with E-state index in [9.17, 15) is 8.42 Å². The van der Waals surface area contributed by atoms with Crippen molar-refractivity contribution in [2.45, 2.75) is 101 Å². The van der Waals surface area contributed by atoms with Crippen LogP contribution in [0.1, 0.15) is 90.9 Å². The molecule has 0 aromatic carbocycles. The van der Waals surface area contributed by atoms with Gasteiger partial charge in [0, 0.05) is 0 Å². The van der Waals surface area contributed by atoms with E-state index in [1.165, 1.54) is 51.4 Å². The quantitative estimate of drug-likeness (QED) is 0.379. The number of rotatable bonds is 12. The van der Waals surface area contributed by atoms with Gasteiger partial charge in [0.1, 0.15) is 0 Å². The van der Waals surface area contributed by atoms with Crippen molar-refractivity contribution in [3.05, 3.63) is 0 Å². The van der Waals surface area contributed by atoms with E-state index in [0.29, 0.717) is 0 Å². The third kappa shape index (κ3) is 5.85. The zero-order valence-corrected chi connectivity index (χ0v) is 13.7. The molecule has 2 nitrogen and oxygen atoms in total. The summed E-state index contributed by atoms with van der Waals surface area (Å²) in [5.41, 5.74) is 0. The smallest absolute Gasteiger partial charge is 0.158 e. The number of hydrogen-bond donors (Lipinski definition) is 0. The number of hydrogen-bond acceptors (Lipinski definition) is 2. The van der Waals surface area contributed by atoms with Crippen molar-refractivity contribution in [1.29, 1.82) is 0 Å². The van der Waals surface area contributed by atoms with Crippen LogP contribution < -0.4 is 0 Å². The molecule has 19 heavy (non-hydrogen) atoms.